The number of amides is 3. The summed E-state index contributed by atoms with van der Waals surface area (Å²) in [6.45, 7) is 0. The summed E-state index contributed by atoms with van der Waals surface area (Å²) in [6, 6.07) is 14.2. The highest BCUT2D eigenvalue weighted by molar-refractivity contribution is 6.09. The lowest BCUT2D eigenvalue weighted by molar-refractivity contribution is -0.130. The second-order valence-electron chi connectivity index (χ2n) is 6.43. The molecule has 7 heteroatoms. The van der Waals surface area contributed by atoms with Crippen molar-refractivity contribution in [2.45, 2.75) is 12.8 Å². The molecule has 1 fully saturated rings. The maximum absolute atomic E-state index is 12.6. The lowest BCUT2D eigenvalue weighted by Gasteiger charge is -2.27. The molecule has 2 N–H and O–H groups in total. The van der Waals surface area contributed by atoms with Crippen LogP contribution < -0.4 is 15.8 Å². The first-order valence-electron chi connectivity index (χ1n) is 8.61. The minimum absolute atomic E-state index is 0.176. The van der Waals surface area contributed by atoms with Gasteiger partial charge in [-0.1, -0.05) is 6.07 Å². The van der Waals surface area contributed by atoms with Crippen LogP contribution in [0, 0.1) is 0 Å². The molecule has 3 amide bonds. The van der Waals surface area contributed by atoms with Crippen molar-refractivity contribution in [3.63, 3.8) is 0 Å². The Bertz CT molecular complexity index is 1050. The molecule has 7 nitrogen and oxygen atoms in total. The van der Waals surface area contributed by atoms with Gasteiger partial charge in [0.1, 0.15) is 0 Å². The topological polar surface area (TPSA) is 83.4 Å². The molecule has 0 spiro atoms. The minimum atomic E-state index is -0.244. The Kier molecular flexibility index (Phi) is 4.12. The zero-order valence-electron chi connectivity index (χ0n) is 14.7. The monoisotopic (exact) mass is 362 g/mol. The summed E-state index contributed by atoms with van der Waals surface area (Å²) in [5.41, 5.74) is 5.29. The fourth-order valence-corrected chi connectivity index (χ4v) is 3.15. The standard InChI is InChI=1S/C20H18N4O3/c1-23-12-11-15-16(3-2-4-17(15)23)21-20(27)13-5-7-14(8-6-13)24-19(26)10-9-18(25)22-24/h2-8,11-12H,9-10H2,1H3,(H,21,27)(H,22,25). The van der Waals surface area contributed by atoms with Crippen LogP contribution in [0.3, 0.4) is 0 Å². The number of nitrogens with zero attached hydrogens (tertiary/aromatic N) is 2. The van der Waals surface area contributed by atoms with Crippen molar-refractivity contribution in [1.82, 2.24) is 9.99 Å². The number of carbonyl (C=O) groups excluding carboxylic acids is 3. The molecule has 1 aliphatic rings. The van der Waals surface area contributed by atoms with Gasteiger partial charge in [0.05, 0.1) is 11.4 Å². The summed E-state index contributed by atoms with van der Waals surface area (Å²) in [5, 5.41) is 5.11. The first-order chi connectivity index (χ1) is 13.0. The number of hydrazine groups is 1. The van der Waals surface area contributed by atoms with Crippen molar-refractivity contribution in [3.8, 4) is 0 Å². The molecule has 1 aromatic heterocycles. The molecule has 2 heterocycles. The highest BCUT2D eigenvalue weighted by atomic mass is 16.2. The fraction of sp³-hybridized carbons (Fsp3) is 0.150. The van der Waals surface area contributed by atoms with Gasteiger partial charge in [0.2, 0.25) is 11.8 Å². The van der Waals surface area contributed by atoms with Crippen LogP contribution in [0.15, 0.2) is 54.7 Å². The molecule has 0 radical (unpaired) electrons. The fourth-order valence-electron chi connectivity index (χ4n) is 3.15. The second kappa shape index (κ2) is 6.60. The quantitative estimate of drug-likeness (QED) is 0.751. The Balaban J connectivity index is 1.54. The van der Waals surface area contributed by atoms with Gasteiger partial charge in [0.15, 0.2) is 0 Å². The molecule has 0 saturated carbocycles. The molecule has 136 valence electrons. The van der Waals surface area contributed by atoms with E-state index in [4.69, 9.17) is 0 Å². The third kappa shape index (κ3) is 3.15. The number of aryl methyl sites for hydroxylation is 1. The molecular weight excluding hydrogens is 344 g/mol. The van der Waals surface area contributed by atoms with Crippen LogP contribution >= 0.6 is 0 Å². The molecule has 0 unspecified atom stereocenters. The number of nitrogens with one attached hydrogen (secondary N) is 2. The number of anilines is 2. The third-order valence-corrected chi connectivity index (χ3v) is 4.62. The summed E-state index contributed by atoms with van der Waals surface area (Å²) >= 11 is 0. The van der Waals surface area contributed by atoms with E-state index in [-0.39, 0.29) is 30.6 Å². The average Bonchev–Trinajstić information content (AvgIpc) is 3.06. The van der Waals surface area contributed by atoms with Gasteiger partial charge < -0.3 is 9.88 Å². The van der Waals surface area contributed by atoms with Gasteiger partial charge >= 0.3 is 0 Å². The maximum Gasteiger partial charge on any atom is 0.255 e. The van der Waals surface area contributed by atoms with Crippen LogP contribution in [0.4, 0.5) is 11.4 Å². The van der Waals surface area contributed by atoms with E-state index < -0.39 is 0 Å². The molecule has 3 aromatic rings. The van der Waals surface area contributed by atoms with Crippen molar-refractivity contribution < 1.29 is 14.4 Å². The lowest BCUT2D eigenvalue weighted by Crippen LogP contribution is -2.50. The third-order valence-electron chi connectivity index (χ3n) is 4.62. The van der Waals surface area contributed by atoms with Crippen LogP contribution in [0.1, 0.15) is 23.2 Å². The summed E-state index contributed by atoms with van der Waals surface area (Å²) in [6.07, 6.45) is 2.31. The van der Waals surface area contributed by atoms with Gasteiger partial charge in [-0.2, -0.15) is 0 Å². The zero-order valence-corrected chi connectivity index (χ0v) is 14.7. The number of benzene rings is 2. The predicted molar refractivity (Wildman–Crippen MR) is 102 cm³/mol. The van der Waals surface area contributed by atoms with E-state index in [1.807, 2.05) is 42.1 Å². The molecule has 0 bridgehead atoms. The van der Waals surface area contributed by atoms with Crippen molar-refractivity contribution in [3.05, 3.63) is 60.3 Å². The predicted octanol–water partition coefficient (Wildman–Crippen LogP) is 2.59. The number of hydrogen-bond donors (Lipinski definition) is 2. The van der Waals surface area contributed by atoms with Gasteiger partial charge in [-0.3, -0.25) is 19.8 Å². The van der Waals surface area contributed by atoms with Crippen LogP contribution in [-0.2, 0) is 16.6 Å². The van der Waals surface area contributed by atoms with Crippen molar-refractivity contribution in [2.24, 2.45) is 7.05 Å². The van der Waals surface area contributed by atoms with Gasteiger partial charge in [-0.25, -0.2) is 5.01 Å². The van der Waals surface area contributed by atoms with Crippen LogP contribution in [0.25, 0.3) is 10.9 Å². The zero-order chi connectivity index (χ0) is 19.0. The number of rotatable bonds is 3. The minimum Gasteiger partial charge on any atom is -0.350 e. The van der Waals surface area contributed by atoms with Crippen LogP contribution in [-0.4, -0.2) is 22.3 Å². The molecule has 2 aromatic carbocycles. The van der Waals surface area contributed by atoms with E-state index in [1.54, 1.807) is 24.3 Å². The van der Waals surface area contributed by atoms with E-state index in [0.29, 0.717) is 11.3 Å². The van der Waals surface area contributed by atoms with Crippen molar-refractivity contribution >= 4 is 40.0 Å². The Labute approximate surface area is 155 Å². The maximum atomic E-state index is 12.6. The van der Waals surface area contributed by atoms with E-state index in [0.717, 1.165) is 16.6 Å². The van der Waals surface area contributed by atoms with E-state index in [1.165, 1.54) is 5.01 Å². The van der Waals surface area contributed by atoms with Gasteiger partial charge in [-0.15, -0.1) is 0 Å². The molecular formula is C20H18N4O3. The largest absolute Gasteiger partial charge is 0.350 e. The number of aromatic nitrogens is 1. The first kappa shape index (κ1) is 16.8. The van der Waals surface area contributed by atoms with Crippen LogP contribution in [0.2, 0.25) is 0 Å². The van der Waals surface area contributed by atoms with E-state index in [2.05, 4.69) is 10.7 Å². The Morgan fingerprint density at radius 3 is 2.59 bits per heavy atom. The highest BCUT2D eigenvalue weighted by Crippen LogP contribution is 2.25. The number of carbonyl (C=O) groups is 3. The van der Waals surface area contributed by atoms with Gasteiger partial charge in [0, 0.05) is 42.6 Å². The summed E-state index contributed by atoms with van der Waals surface area (Å²) in [4.78, 5) is 36.1. The molecule has 0 atom stereocenters. The van der Waals surface area contributed by atoms with E-state index >= 15 is 0 Å². The first-order valence-corrected chi connectivity index (χ1v) is 8.61. The second-order valence-corrected chi connectivity index (χ2v) is 6.43. The van der Waals surface area contributed by atoms with Crippen LogP contribution in [0.5, 0.6) is 0 Å². The molecule has 1 saturated heterocycles. The normalized spacial score (nSPS) is 14.3. The molecule has 0 aliphatic carbocycles. The summed E-state index contributed by atoms with van der Waals surface area (Å²) in [7, 11) is 1.95. The molecule has 4 rings (SSSR count). The number of hydrogen-bond acceptors (Lipinski definition) is 3. The van der Waals surface area contributed by atoms with E-state index in [9.17, 15) is 14.4 Å². The Morgan fingerprint density at radius 2 is 1.81 bits per heavy atom. The summed E-state index contributed by atoms with van der Waals surface area (Å²) < 4.78 is 1.99. The average molecular weight is 362 g/mol. The van der Waals surface area contributed by atoms with Crippen molar-refractivity contribution in [1.29, 1.82) is 0 Å². The van der Waals surface area contributed by atoms with Gasteiger partial charge in [0.25, 0.3) is 5.91 Å². The van der Waals surface area contributed by atoms with Crippen molar-refractivity contribution in [2.75, 3.05) is 10.3 Å². The number of fused-ring (bicyclic) bond motifs is 1. The summed E-state index contributed by atoms with van der Waals surface area (Å²) in [5.74, 6) is -0.623. The highest BCUT2D eigenvalue weighted by Gasteiger charge is 2.24. The smallest absolute Gasteiger partial charge is 0.255 e. The molecule has 27 heavy (non-hydrogen) atoms. The lowest BCUT2D eigenvalue weighted by atomic mass is 10.1. The Morgan fingerprint density at radius 1 is 1.04 bits per heavy atom. The van der Waals surface area contributed by atoms with Gasteiger partial charge in [-0.05, 0) is 42.5 Å². The Hall–Kier alpha value is -3.61. The molecule has 1 aliphatic heterocycles. The SMILES string of the molecule is Cn1ccc2c(NC(=O)c3ccc(N4NC(=O)CCC4=O)cc3)cccc21.